The van der Waals surface area contributed by atoms with Crippen molar-refractivity contribution in [3.8, 4) is 45.6 Å². The lowest BCUT2D eigenvalue weighted by Crippen LogP contribution is -2.02. The molecule has 1 heterocycles. The monoisotopic (exact) mass is 316 g/mol. The zero-order chi connectivity index (χ0) is 16.7. The Labute approximate surface area is 129 Å². The van der Waals surface area contributed by atoms with E-state index < -0.39 is 29.3 Å². The summed E-state index contributed by atoms with van der Waals surface area (Å²) in [4.78, 5) is 11.5. The molecule has 1 aliphatic carbocycles. The normalized spacial score (nSPS) is 11.0. The van der Waals surface area contributed by atoms with Crippen LogP contribution in [0.2, 0.25) is 0 Å². The van der Waals surface area contributed by atoms with Crippen molar-refractivity contribution in [2.75, 3.05) is 0 Å². The van der Waals surface area contributed by atoms with E-state index in [1.54, 1.807) is 0 Å². The van der Waals surface area contributed by atoms with Crippen LogP contribution in [0, 0.1) is 0 Å². The summed E-state index contributed by atoms with van der Waals surface area (Å²) in [6.45, 7) is -0.610. The van der Waals surface area contributed by atoms with Crippen LogP contribution in [0.3, 0.4) is 0 Å². The number of fused-ring (bicyclic) bond motifs is 1. The number of rotatable bonds is 2. The third-order valence-corrected chi connectivity index (χ3v) is 3.47. The lowest BCUT2D eigenvalue weighted by Gasteiger charge is -2.16. The average Bonchev–Trinajstić information content (AvgIpc) is 2.50. The quantitative estimate of drug-likeness (QED) is 0.455. The van der Waals surface area contributed by atoms with Gasteiger partial charge in [0.05, 0.1) is 12.2 Å². The highest BCUT2D eigenvalue weighted by molar-refractivity contribution is 5.79. The molecule has 5 N–H and O–H groups in total. The molecule has 0 amide bonds. The van der Waals surface area contributed by atoms with Crippen LogP contribution < -0.4 is 5.43 Å². The Balaban J connectivity index is 2.38. The average molecular weight is 316 g/mol. The first-order valence-corrected chi connectivity index (χ1v) is 6.57. The minimum Gasteiger partial charge on any atom is -0.507 e. The maximum atomic E-state index is 11.5. The van der Waals surface area contributed by atoms with Crippen molar-refractivity contribution in [2.45, 2.75) is 6.61 Å². The van der Waals surface area contributed by atoms with Gasteiger partial charge in [0.2, 0.25) is 0 Å². The summed E-state index contributed by atoms with van der Waals surface area (Å²) in [6.07, 6.45) is 0. The summed E-state index contributed by atoms with van der Waals surface area (Å²) in [5, 5.41) is 48.6. The summed E-state index contributed by atoms with van der Waals surface area (Å²) in [6, 6.07) is 5.78. The highest BCUT2D eigenvalue weighted by Crippen LogP contribution is 2.45. The highest BCUT2D eigenvalue weighted by atomic mass is 16.4. The SMILES string of the molecule is O=c1cc2oc(-c3ccc(O)c(O)c3)c(O)c(CO)c-2c(O)c1. The molecule has 0 saturated carbocycles. The molecule has 0 spiro atoms. The fourth-order valence-corrected chi connectivity index (χ4v) is 2.39. The Morgan fingerprint density at radius 3 is 2.30 bits per heavy atom. The van der Waals surface area contributed by atoms with Gasteiger partial charge < -0.3 is 29.9 Å². The standard InChI is InChI=1S/C16H12O7/c17-6-9-14-12(21)4-8(18)5-13(14)23-16(15(9)22)7-1-2-10(19)11(20)3-7/h1-5,17,19-22H,6H2. The first-order chi connectivity index (χ1) is 10.9. The molecule has 0 saturated heterocycles. The molecule has 3 rings (SSSR count). The number of aliphatic hydroxyl groups excluding tert-OH is 1. The number of aromatic hydroxyl groups is 4. The molecule has 0 radical (unpaired) electrons. The third kappa shape index (κ3) is 2.33. The van der Waals surface area contributed by atoms with Crippen molar-refractivity contribution in [3.63, 3.8) is 0 Å². The van der Waals surface area contributed by atoms with Crippen molar-refractivity contribution in [2.24, 2.45) is 0 Å². The number of hydrogen-bond donors (Lipinski definition) is 5. The third-order valence-electron chi connectivity index (χ3n) is 3.47. The summed E-state index contributed by atoms with van der Waals surface area (Å²) in [5.41, 5.74) is -0.291. The second kappa shape index (κ2) is 5.22. The van der Waals surface area contributed by atoms with Gasteiger partial charge in [0.1, 0.15) is 11.5 Å². The van der Waals surface area contributed by atoms with Gasteiger partial charge in [-0.05, 0) is 18.2 Å². The predicted molar refractivity (Wildman–Crippen MR) is 79.6 cm³/mol. The van der Waals surface area contributed by atoms with Crippen molar-refractivity contribution >= 4 is 0 Å². The largest absolute Gasteiger partial charge is 0.507 e. The molecular formula is C16H12O7. The molecule has 0 unspecified atom stereocenters. The molecule has 2 aliphatic rings. The molecule has 0 aromatic heterocycles. The molecule has 0 fully saturated rings. The van der Waals surface area contributed by atoms with Crippen LogP contribution in [0.4, 0.5) is 0 Å². The van der Waals surface area contributed by atoms with E-state index in [0.29, 0.717) is 0 Å². The van der Waals surface area contributed by atoms with E-state index in [1.807, 2.05) is 0 Å². The van der Waals surface area contributed by atoms with E-state index in [0.717, 1.165) is 18.2 Å². The van der Waals surface area contributed by atoms with Gasteiger partial charge >= 0.3 is 0 Å². The van der Waals surface area contributed by atoms with Crippen molar-refractivity contribution in [1.29, 1.82) is 0 Å². The predicted octanol–water partition coefficient (Wildman–Crippen LogP) is 1.73. The molecule has 7 heteroatoms. The van der Waals surface area contributed by atoms with Crippen LogP contribution in [0.25, 0.3) is 22.6 Å². The van der Waals surface area contributed by atoms with Crippen molar-refractivity contribution in [1.82, 2.24) is 0 Å². The van der Waals surface area contributed by atoms with E-state index in [-0.39, 0.29) is 34.0 Å². The second-order valence-electron chi connectivity index (χ2n) is 4.94. The van der Waals surface area contributed by atoms with Gasteiger partial charge in [-0.3, -0.25) is 4.79 Å². The summed E-state index contributed by atoms with van der Waals surface area (Å²) in [5.74, 6) is -1.80. The summed E-state index contributed by atoms with van der Waals surface area (Å²) >= 11 is 0. The number of phenolic OH excluding ortho intramolecular Hbond substituents is 3. The van der Waals surface area contributed by atoms with Gasteiger partial charge in [0, 0.05) is 23.3 Å². The Morgan fingerprint density at radius 1 is 0.913 bits per heavy atom. The fraction of sp³-hybridized carbons (Fsp3) is 0.0625. The maximum Gasteiger partial charge on any atom is 0.186 e. The Kier molecular flexibility index (Phi) is 3.34. The first-order valence-electron chi connectivity index (χ1n) is 6.57. The number of aliphatic hydroxyl groups is 1. The van der Waals surface area contributed by atoms with Gasteiger partial charge in [0.15, 0.2) is 28.4 Å². The molecule has 1 aromatic rings. The van der Waals surface area contributed by atoms with Crippen LogP contribution in [0.15, 0.2) is 39.5 Å². The van der Waals surface area contributed by atoms with Gasteiger partial charge in [-0.25, -0.2) is 0 Å². The van der Waals surface area contributed by atoms with E-state index in [1.165, 1.54) is 12.1 Å². The van der Waals surface area contributed by atoms with Crippen LogP contribution in [0.1, 0.15) is 5.56 Å². The van der Waals surface area contributed by atoms with E-state index in [2.05, 4.69) is 0 Å². The zero-order valence-electron chi connectivity index (χ0n) is 11.6. The molecule has 23 heavy (non-hydrogen) atoms. The van der Waals surface area contributed by atoms with E-state index in [4.69, 9.17) is 4.42 Å². The molecule has 118 valence electrons. The number of hydrogen-bond acceptors (Lipinski definition) is 7. The molecule has 0 atom stereocenters. The fourth-order valence-electron chi connectivity index (χ4n) is 2.39. The van der Waals surface area contributed by atoms with Crippen LogP contribution in [0.5, 0.6) is 23.0 Å². The second-order valence-corrected chi connectivity index (χ2v) is 4.94. The topological polar surface area (TPSA) is 131 Å². The minimum absolute atomic E-state index is 0.0219. The van der Waals surface area contributed by atoms with Gasteiger partial charge in [-0.1, -0.05) is 0 Å². The highest BCUT2D eigenvalue weighted by Gasteiger charge is 2.24. The van der Waals surface area contributed by atoms with Gasteiger partial charge in [-0.15, -0.1) is 0 Å². The Morgan fingerprint density at radius 2 is 1.65 bits per heavy atom. The molecule has 0 bridgehead atoms. The molecule has 1 aromatic carbocycles. The maximum absolute atomic E-state index is 11.5. The zero-order valence-corrected chi connectivity index (χ0v) is 11.6. The number of benzene rings is 2. The Bertz CT molecular complexity index is 927. The smallest absolute Gasteiger partial charge is 0.186 e. The van der Waals surface area contributed by atoms with Crippen LogP contribution >= 0.6 is 0 Å². The number of phenols is 3. The van der Waals surface area contributed by atoms with Crippen LogP contribution in [-0.2, 0) is 6.61 Å². The van der Waals surface area contributed by atoms with Crippen LogP contribution in [-0.4, -0.2) is 25.5 Å². The summed E-state index contributed by atoms with van der Waals surface area (Å²) < 4.78 is 5.46. The minimum atomic E-state index is -0.610. The van der Waals surface area contributed by atoms with Gasteiger partial charge in [-0.2, -0.15) is 0 Å². The van der Waals surface area contributed by atoms with E-state index >= 15 is 0 Å². The molecule has 1 aliphatic heterocycles. The van der Waals surface area contributed by atoms with Gasteiger partial charge in [0.25, 0.3) is 0 Å². The first kappa shape index (κ1) is 14.7. The Hall–Kier alpha value is -3.19. The molecule has 7 nitrogen and oxygen atoms in total. The van der Waals surface area contributed by atoms with E-state index in [9.17, 15) is 30.3 Å². The lowest BCUT2D eigenvalue weighted by atomic mass is 9.99. The van der Waals surface area contributed by atoms with Crippen molar-refractivity contribution < 1.29 is 29.9 Å². The summed E-state index contributed by atoms with van der Waals surface area (Å²) in [7, 11) is 0. The molecular weight excluding hydrogens is 304 g/mol. The van der Waals surface area contributed by atoms with Crippen molar-refractivity contribution in [3.05, 3.63) is 46.1 Å². The lowest BCUT2D eigenvalue weighted by molar-refractivity contribution is 0.273.